The van der Waals surface area contributed by atoms with Gasteiger partial charge in [0.1, 0.15) is 0 Å². The lowest BCUT2D eigenvalue weighted by molar-refractivity contribution is 0.666. The van der Waals surface area contributed by atoms with Crippen LogP contribution in [0.1, 0.15) is 47.2 Å². The SMILES string of the molecule is CC1(C)c2cccc(-c3ccc(-c4cc(-c5ccc6c(c5)-c5ccccc5C6(c5ccccc5)c5ccccc5)nc(-c5ccccc5)n4)c4ccccc34)c2-c2ccc3ccccc3c21. The van der Waals surface area contributed by atoms with Crippen molar-refractivity contribution >= 4 is 21.5 Å². The molecule has 1 heterocycles. The summed E-state index contributed by atoms with van der Waals surface area (Å²) < 4.78 is 0. The van der Waals surface area contributed by atoms with E-state index in [-0.39, 0.29) is 5.41 Å². The van der Waals surface area contributed by atoms with Crippen LogP contribution in [0.15, 0.2) is 231 Å². The zero-order valence-corrected chi connectivity index (χ0v) is 36.8. The Bertz CT molecular complexity index is 3680. The number of aromatic nitrogens is 2. The Morgan fingerprint density at radius 1 is 0.333 bits per heavy atom. The topological polar surface area (TPSA) is 25.8 Å². The molecule has 0 atom stereocenters. The average Bonchev–Trinajstić information content (AvgIpc) is 3.82. The minimum atomic E-state index is -0.468. The van der Waals surface area contributed by atoms with Crippen molar-refractivity contribution in [3.63, 3.8) is 0 Å². The molecular weight excluding hydrogens is 797 g/mol. The van der Waals surface area contributed by atoms with E-state index in [4.69, 9.17) is 9.97 Å². The fraction of sp³-hybridized carbons (Fsp3) is 0.0625. The number of benzene rings is 10. The maximum atomic E-state index is 5.39. The van der Waals surface area contributed by atoms with E-state index >= 15 is 0 Å². The number of rotatable bonds is 6. The van der Waals surface area contributed by atoms with Crippen molar-refractivity contribution in [2.75, 3.05) is 0 Å². The third-order valence-corrected chi connectivity index (χ3v) is 14.6. The van der Waals surface area contributed by atoms with E-state index in [1.165, 1.54) is 82.9 Å². The monoisotopic (exact) mass is 840 g/mol. The van der Waals surface area contributed by atoms with Crippen LogP contribution < -0.4 is 0 Å². The first-order valence-electron chi connectivity index (χ1n) is 23.0. The first-order chi connectivity index (χ1) is 32.5. The third kappa shape index (κ3) is 5.55. The summed E-state index contributed by atoms with van der Waals surface area (Å²) in [5.74, 6) is 0.701. The highest BCUT2D eigenvalue weighted by molar-refractivity contribution is 6.09. The maximum absolute atomic E-state index is 5.39. The van der Waals surface area contributed by atoms with Gasteiger partial charge in [0.15, 0.2) is 5.82 Å². The van der Waals surface area contributed by atoms with E-state index in [0.29, 0.717) is 5.82 Å². The van der Waals surface area contributed by atoms with Crippen molar-refractivity contribution in [1.82, 2.24) is 9.97 Å². The molecule has 13 rings (SSSR count). The van der Waals surface area contributed by atoms with Crippen LogP contribution in [0, 0.1) is 0 Å². The van der Waals surface area contributed by atoms with Crippen LogP contribution in [0.5, 0.6) is 0 Å². The average molecular weight is 841 g/mol. The molecule has 2 aliphatic carbocycles. The molecule has 2 aliphatic rings. The lowest BCUT2D eigenvalue weighted by Crippen LogP contribution is -2.28. The number of hydrogen-bond donors (Lipinski definition) is 0. The molecule has 0 saturated heterocycles. The van der Waals surface area contributed by atoms with Crippen LogP contribution in [0.2, 0.25) is 0 Å². The minimum Gasteiger partial charge on any atom is -0.228 e. The molecule has 0 radical (unpaired) electrons. The highest BCUT2D eigenvalue weighted by atomic mass is 14.9. The summed E-state index contributed by atoms with van der Waals surface area (Å²) in [5.41, 5.74) is 19.7. The Hall–Kier alpha value is -8.20. The Labute approximate surface area is 385 Å². The van der Waals surface area contributed by atoms with Gasteiger partial charge in [-0.05, 0) is 100 Å². The first-order valence-corrected chi connectivity index (χ1v) is 23.0. The van der Waals surface area contributed by atoms with Gasteiger partial charge in [-0.1, -0.05) is 232 Å². The van der Waals surface area contributed by atoms with Gasteiger partial charge in [-0.15, -0.1) is 0 Å². The second-order valence-corrected chi connectivity index (χ2v) is 18.4. The van der Waals surface area contributed by atoms with Crippen molar-refractivity contribution < 1.29 is 0 Å². The summed E-state index contributed by atoms with van der Waals surface area (Å²) in [4.78, 5) is 10.8. The Morgan fingerprint density at radius 3 is 1.65 bits per heavy atom. The molecular formula is C64H44N2. The predicted molar refractivity (Wildman–Crippen MR) is 274 cm³/mol. The van der Waals surface area contributed by atoms with Gasteiger partial charge in [-0.2, -0.15) is 0 Å². The van der Waals surface area contributed by atoms with Gasteiger partial charge in [0.25, 0.3) is 0 Å². The van der Waals surface area contributed by atoms with Crippen LogP contribution in [0.25, 0.3) is 88.8 Å². The summed E-state index contributed by atoms with van der Waals surface area (Å²) >= 11 is 0. The standard InChI is InChI=1S/C64H44N2/c1-63(2)57-32-18-30-52(60(57)53-35-33-41-19-12-13-26-46(41)61(53)63)49-36-37-51(48-28-15-14-27-47(48)49)59-40-58(65-62(66-59)42-20-6-3-7-21-42)43-34-38-56-54(39-43)50-29-16-17-31-55(50)64(56,44-22-8-4-9-23-44)45-24-10-5-11-25-45/h3-40H,1-2H3. The van der Waals surface area contributed by atoms with Gasteiger partial charge < -0.3 is 0 Å². The van der Waals surface area contributed by atoms with Gasteiger partial charge in [0.2, 0.25) is 0 Å². The summed E-state index contributed by atoms with van der Waals surface area (Å²) in [6.45, 7) is 4.77. The molecule has 11 aromatic rings. The fourth-order valence-corrected chi connectivity index (χ4v) is 11.7. The zero-order chi connectivity index (χ0) is 44.0. The zero-order valence-electron chi connectivity index (χ0n) is 36.8. The second-order valence-electron chi connectivity index (χ2n) is 18.4. The maximum Gasteiger partial charge on any atom is 0.160 e. The molecule has 2 heteroatoms. The van der Waals surface area contributed by atoms with E-state index in [2.05, 4.69) is 238 Å². The van der Waals surface area contributed by atoms with Crippen LogP contribution in [0.4, 0.5) is 0 Å². The molecule has 66 heavy (non-hydrogen) atoms. The molecule has 0 bridgehead atoms. The normalized spacial score (nSPS) is 13.8. The van der Waals surface area contributed by atoms with Crippen molar-refractivity contribution in [2.45, 2.75) is 24.7 Å². The molecule has 0 amide bonds. The molecule has 0 aliphatic heterocycles. The second kappa shape index (κ2) is 14.7. The number of fused-ring (bicyclic) bond motifs is 9. The van der Waals surface area contributed by atoms with E-state index in [0.717, 1.165) is 33.5 Å². The summed E-state index contributed by atoms with van der Waals surface area (Å²) in [6, 6.07) is 84.3. The highest BCUT2D eigenvalue weighted by Crippen LogP contribution is 2.57. The van der Waals surface area contributed by atoms with Crippen LogP contribution in [0.3, 0.4) is 0 Å². The lowest BCUT2D eigenvalue weighted by Gasteiger charge is -2.33. The quantitative estimate of drug-likeness (QED) is 0.167. The number of nitrogens with zero attached hydrogens (tertiary/aromatic N) is 2. The molecule has 0 fully saturated rings. The molecule has 0 unspecified atom stereocenters. The van der Waals surface area contributed by atoms with E-state index < -0.39 is 5.41 Å². The summed E-state index contributed by atoms with van der Waals surface area (Å²) in [6.07, 6.45) is 0. The molecule has 0 N–H and O–H groups in total. The molecule has 310 valence electrons. The molecule has 1 aromatic heterocycles. The van der Waals surface area contributed by atoms with Gasteiger partial charge in [-0.25, -0.2) is 9.97 Å². The third-order valence-electron chi connectivity index (χ3n) is 14.6. The Kier molecular flexibility index (Phi) is 8.51. The van der Waals surface area contributed by atoms with Crippen LogP contribution in [-0.4, -0.2) is 9.97 Å². The van der Waals surface area contributed by atoms with E-state index in [1.807, 2.05) is 6.07 Å². The van der Waals surface area contributed by atoms with Crippen molar-refractivity contribution in [3.8, 4) is 67.3 Å². The van der Waals surface area contributed by atoms with Gasteiger partial charge >= 0.3 is 0 Å². The van der Waals surface area contributed by atoms with Crippen molar-refractivity contribution in [1.29, 1.82) is 0 Å². The van der Waals surface area contributed by atoms with Crippen molar-refractivity contribution in [2.24, 2.45) is 0 Å². The lowest BCUT2D eigenvalue weighted by atomic mass is 9.67. The predicted octanol–water partition coefficient (Wildman–Crippen LogP) is 16.1. The fourth-order valence-electron chi connectivity index (χ4n) is 11.7. The molecule has 10 aromatic carbocycles. The van der Waals surface area contributed by atoms with Crippen LogP contribution >= 0.6 is 0 Å². The van der Waals surface area contributed by atoms with Gasteiger partial charge in [0, 0.05) is 22.1 Å². The van der Waals surface area contributed by atoms with E-state index in [1.54, 1.807) is 0 Å². The molecule has 0 saturated carbocycles. The van der Waals surface area contributed by atoms with Gasteiger partial charge in [-0.3, -0.25) is 0 Å². The summed E-state index contributed by atoms with van der Waals surface area (Å²) in [7, 11) is 0. The Balaban J connectivity index is 1.00. The van der Waals surface area contributed by atoms with Crippen molar-refractivity contribution in [3.05, 3.63) is 264 Å². The summed E-state index contributed by atoms with van der Waals surface area (Å²) in [5, 5.41) is 4.97. The molecule has 2 nitrogen and oxygen atoms in total. The largest absolute Gasteiger partial charge is 0.228 e. The van der Waals surface area contributed by atoms with Crippen LogP contribution in [-0.2, 0) is 10.8 Å². The van der Waals surface area contributed by atoms with E-state index in [9.17, 15) is 0 Å². The van der Waals surface area contributed by atoms with Gasteiger partial charge in [0.05, 0.1) is 16.8 Å². The smallest absolute Gasteiger partial charge is 0.160 e. The Morgan fingerprint density at radius 2 is 0.894 bits per heavy atom. The highest BCUT2D eigenvalue weighted by Gasteiger charge is 2.46. The first kappa shape index (κ1) is 38.3. The minimum absolute atomic E-state index is 0.146. The molecule has 0 spiro atoms. The number of hydrogen-bond acceptors (Lipinski definition) is 2.